The minimum Gasteiger partial charge on any atom is -0.476 e. The summed E-state index contributed by atoms with van der Waals surface area (Å²) in [6, 6.07) is 0. The van der Waals surface area contributed by atoms with Gasteiger partial charge in [0.2, 0.25) is 5.78 Å². The predicted octanol–water partition coefficient (Wildman–Crippen LogP) is -0.270. The molecular formula is C24H40O13. The molecule has 13 nitrogen and oxygen atoms in total. The lowest BCUT2D eigenvalue weighted by Crippen LogP contribution is -2.17. The van der Waals surface area contributed by atoms with Crippen LogP contribution in [0.3, 0.4) is 0 Å². The molecule has 0 radical (unpaired) electrons. The van der Waals surface area contributed by atoms with Crippen molar-refractivity contribution in [3.05, 3.63) is 0 Å². The molecule has 0 spiro atoms. The Labute approximate surface area is 217 Å². The summed E-state index contributed by atoms with van der Waals surface area (Å²) in [6.45, 7) is 6.73. The number of Topliss-reactive ketones (excluding diaryl/α,β-unsaturated/α-hetero) is 1. The number of esters is 1. The molecule has 0 aromatic carbocycles. The van der Waals surface area contributed by atoms with E-state index in [1.807, 2.05) is 0 Å². The van der Waals surface area contributed by atoms with Crippen LogP contribution in [0.1, 0.15) is 12.8 Å². The maximum Gasteiger partial charge on any atom is 0.372 e. The van der Waals surface area contributed by atoms with E-state index in [0.29, 0.717) is 99.1 Å². The first-order chi connectivity index (χ1) is 18.1. The first-order valence-corrected chi connectivity index (χ1v) is 12.0. The molecule has 0 saturated heterocycles. The number of rotatable bonds is 29. The van der Waals surface area contributed by atoms with Crippen LogP contribution >= 0.6 is 0 Å². The lowest BCUT2D eigenvalue weighted by atomic mass is 10.2. The fraction of sp³-hybridized carbons (Fsp3) is 0.792. The number of hydrogen-bond acceptors (Lipinski definition) is 12. The van der Waals surface area contributed by atoms with Gasteiger partial charge in [-0.3, -0.25) is 9.59 Å². The maximum absolute atomic E-state index is 11.3. The third kappa shape index (κ3) is 28.3. The van der Waals surface area contributed by atoms with Gasteiger partial charge in [0.05, 0.1) is 106 Å². The molecule has 0 fully saturated rings. The second kappa shape index (κ2) is 28.4. The third-order valence-electron chi connectivity index (χ3n) is 4.07. The molecule has 13 heteroatoms. The van der Waals surface area contributed by atoms with E-state index >= 15 is 0 Å². The van der Waals surface area contributed by atoms with Gasteiger partial charge in [-0.1, -0.05) is 5.92 Å². The molecule has 0 rings (SSSR count). The van der Waals surface area contributed by atoms with Crippen LogP contribution in [-0.4, -0.2) is 135 Å². The molecule has 0 unspecified atom stereocenters. The predicted molar refractivity (Wildman–Crippen MR) is 128 cm³/mol. The summed E-state index contributed by atoms with van der Waals surface area (Å²) in [4.78, 5) is 32.5. The van der Waals surface area contributed by atoms with Gasteiger partial charge in [0.25, 0.3) is 0 Å². The van der Waals surface area contributed by atoms with E-state index in [1.54, 1.807) is 0 Å². The average molecular weight is 537 g/mol. The van der Waals surface area contributed by atoms with Gasteiger partial charge >= 0.3 is 11.9 Å². The molecule has 1 N–H and O–H groups in total. The molecule has 0 aliphatic heterocycles. The minimum absolute atomic E-state index is 0.0169. The Hall–Kier alpha value is -2.15. The Morgan fingerprint density at radius 2 is 0.838 bits per heavy atom. The number of carbonyl (C=O) groups excluding carboxylic acids is 2. The number of carbonyl (C=O) groups is 3. The molecule has 0 bridgehead atoms. The van der Waals surface area contributed by atoms with Crippen LogP contribution in [0.15, 0.2) is 0 Å². The van der Waals surface area contributed by atoms with Crippen molar-refractivity contribution in [3.8, 4) is 12.3 Å². The van der Waals surface area contributed by atoms with Crippen molar-refractivity contribution in [1.82, 2.24) is 0 Å². The highest BCUT2D eigenvalue weighted by Gasteiger charge is 2.14. The van der Waals surface area contributed by atoms with Crippen LogP contribution in [0.2, 0.25) is 0 Å². The van der Waals surface area contributed by atoms with Crippen LogP contribution in [0.5, 0.6) is 0 Å². The SMILES string of the molecule is C#CCOCCOCCOCCOCCOCCOCCOCCOCCOC(=O)CCC(=O)C(=O)O. The fourth-order valence-corrected chi connectivity index (χ4v) is 2.28. The minimum atomic E-state index is -1.56. The second-order valence-corrected chi connectivity index (χ2v) is 6.99. The van der Waals surface area contributed by atoms with Crippen molar-refractivity contribution in [1.29, 1.82) is 0 Å². The Bertz CT molecular complexity index is 606. The van der Waals surface area contributed by atoms with Crippen LogP contribution in [0.4, 0.5) is 0 Å². The summed E-state index contributed by atoms with van der Waals surface area (Å²) in [6.07, 6.45) is 4.40. The van der Waals surface area contributed by atoms with Crippen LogP contribution < -0.4 is 0 Å². The molecule has 0 aliphatic carbocycles. The largest absolute Gasteiger partial charge is 0.476 e. The van der Waals surface area contributed by atoms with Crippen molar-refractivity contribution >= 4 is 17.7 Å². The molecule has 0 aromatic rings. The Balaban J connectivity index is 3.14. The van der Waals surface area contributed by atoms with Crippen LogP contribution in [0.25, 0.3) is 0 Å². The summed E-state index contributed by atoms with van der Waals surface area (Å²) in [5.74, 6) is -0.855. The number of terminal acetylenes is 1. The topological polar surface area (TPSA) is 155 Å². The quantitative estimate of drug-likeness (QED) is 0.0578. The first-order valence-electron chi connectivity index (χ1n) is 12.0. The highest BCUT2D eigenvalue weighted by atomic mass is 16.6. The van der Waals surface area contributed by atoms with E-state index in [0.717, 1.165) is 0 Å². The zero-order valence-electron chi connectivity index (χ0n) is 21.4. The Morgan fingerprint density at radius 1 is 0.514 bits per heavy atom. The number of carboxylic acids is 1. The summed E-state index contributed by atoms with van der Waals surface area (Å²) in [5.41, 5.74) is 0. The van der Waals surface area contributed by atoms with Crippen molar-refractivity contribution in [2.75, 3.05) is 112 Å². The van der Waals surface area contributed by atoms with E-state index < -0.39 is 17.7 Å². The zero-order chi connectivity index (χ0) is 27.2. The highest BCUT2D eigenvalue weighted by molar-refractivity contribution is 6.32. The molecule has 214 valence electrons. The smallest absolute Gasteiger partial charge is 0.372 e. The maximum atomic E-state index is 11.3. The van der Waals surface area contributed by atoms with Gasteiger partial charge in [-0.25, -0.2) is 4.79 Å². The molecule has 37 heavy (non-hydrogen) atoms. The first kappa shape index (κ1) is 34.9. The molecule has 0 aliphatic rings. The third-order valence-corrected chi connectivity index (χ3v) is 4.07. The highest BCUT2D eigenvalue weighted by Crippen LogP contribution is 1.95. The van der Waals surface area contributed by atoms with Gasteiger partial charge in [0.15, 0.2) is 0 Å². The Morgan fingerprint density at radius 3 is 1.16 bits per heavy atom. The van der Waals surface area contributed by atoms with Crippen molar-refractivity contribution < 1.29 is 62.1 Å². The molecule has 0 atom stereocenters. The molecule has 0 aromatic heterocycles. The number of hydrogen-bond donors (Lipinski definition) is 1. The zero-order valence-corrected chi connectivity index (χ0v) is 21.4. The lowest BCUT2D eigenvalue weighted by Gasteiger charge is -2.08. The molecule has 0 heterocycles. The van der Waals surface area contributed by atoms with Gasteiger partial charge in [-0.2, -0.15) is 0 Å². The number of ketones is 1. The monoisotopic (exact) mass is 536 g/mol. The molecule has 0 saturated carbocycles. The lowest BCUT2D eigenvalue weighted by molar-refractivity contribution is -0.151. The Kier molecular flexibility index (Phi) is 26.8. The standard InChI is InChI=1S/C24H40O13/c1-2-5-29-6-7-30-8-9-31-10-11-32-12-13-33-14-15-34-16-17-35-18-19-36-20-21-37-23(26)4-3-22(25)24(27)28/h1H,3-21H2,(H,27,28). The molecular weight excluding hydrogens is 496 g/mol. The normalized spacial score (nSPS) is 10.8. The second-order valence-electron chi connectivity index (χ2n) is 6.99. The van der Waals surface area contributed by atoms with Gasteiger partial charge in [-0.15, -0.1) is 6.42 Å². The van der Waals surface area contributed by atoms with Crippen LogP contribution in [-0.2, 0) is 57.0 Å². The number of aliphatic carboxylic acids is 1. The van der Waals surface area contributed by atoms with Gasteiger partial charge in [-0.05, 0) is 0 Å². The summed E-state index contributed by atoms with van der Waals surface area (Å²) in [7, 11) is 0. The van der Waals surface area contributed by atoms with E-state index in [2.05, 4.69) is 5.92 Å². The fourth-order valence-electron chi connectivity index (χ4n) is 2.28. The van der Waals surface area contributed by atoms with Gasteiger partial charge in [0, 0.05) is 6.42 Å². The van der Waals surface area contributed by atoms with Crippen LogP contribution in [0, 0.1) is 12.3 Å². The average Bonchev–Trinajstić information content (AvgIpc) is 2.89. The van der Waals surface area contributed by atoms with E-state index in [9.17, 15) is 14.4 Å². The summed E-state index contributed by atoms with van der Waals surface area (Å²) >= 11 is 0. The van der Waals surface area contributed by atoms with E-state index in [1.165, 1.54) is 0 Å². The summed E-state index contributed by atoms with van der Waals surface area (Å²) in [5, 5.41) is 8.41. The van der Waals surface area contributed by atoms with E-state index in [-0.39, 0.29) is 26.1 Å². The number of carboxylic acid groups (broad SMARTS) is 1. The molecule has 0 amide bonds. The van der Waals surface area contributed by atoms with Crippen molar-refractivity contribution in [2.24, 2.45) is 0 Å². The van der Waals surface area contributed by atoms with Gasteiger partial charge in [0.1, 0.15) is 13.2 Å². The van der Waals surface area contributed by atoms with Gasteiger partial charge < -0.3 is 47.7 Å². The number of ether oxygens (including phenoxy) is 9. The van der Waals surface area contributed by atoms with E-state index in [4.69, 9.17) is 54.2 Å². The van der Waals surface area contributed by atoms with Crippen molar-refractivity contribution in [2.45, 2.75) is 12.8 Å². The summed E-state index contributed by atoms with van der Waals surface area (Å²) < 4.78 is 47.3. The van der Waals surface area contributed by atoms with Crippen molar-refractivity contribution in [3.63, 3.8) is 0 Å².